The Morgan fingerprint density at radius 2 is 0.771 bits per heavy atom. The molecule has 1 amide bonds. The molecule has 0 spiro atoms. The van der Waals surface area contributed by atoms with Crippen LogP contribution in [0, 0.1) is 0 Å². The summed E-state index contributed by atoms with van der Waals surface area (Å²) in [4.78, 5) is 40.2. The van der Waals surface area contributed by atoms with E-state index in [1.807, 2.05) is 33.3 Å². The van der Waals surface area contributed by atoms with Crippen molar-refractivity contribution in [2.75, 3.05) is 40.9 Å². The molecule has 0 aliphatic rings. The Morgan fingerprint density at radius 3 is 1.17 bits per heavy atom. The van der Waals surface area contributed by atoms with E-state index in [-0.39, 0.29) is 24.9 Å². The number of carbonyl (C=O) groups is 2. The zero-order chi connectivity index (χ0) is 60.7. The largest absolute Gasteiger partial charge is 0.756 e. The molecule has 0 aromatic heterocycles. The molecule has 0 saturated heterocycles. The number of hydrogen-bond acceptors (Lipinski definition) is 7. The first-order valence-corrected chi connectivity index (χ1v) is 36.4. The maximum absolute atomic E-state index is 13.6. The summed E-state index contributed by atoms with van der Waals surface area (Å²) >= 11 is 0. The van der Waals surface area contributed by atoms with Crippen LogP contribution in [0.2, 0.25) is 0 Å². The third-order valence-corrected chi connectivity index (χ3v) is 16.3. The summed E-state index contributed by atoms with van der Waals surface area (Å²) in [5.74, 6) is -0.544. The number of phosphoric ester groups is 1. The number of quaternary nitrogens is 1. The van der Waals surface area contributed by atoms with Gasteiger partial charge in [-0.05, 0) is 102 Å². The van der Waals surface area contributed by atoms with Crippen LogP contribution in [0.15, 0.2) is 85.1 Å². The highest BCUT2D eigenvalue weighted by atomic mass is 31.2. The Bertz CT molecular complexity index is 1700. The number of likely N-dealkylation sites (N-methyl/N-ethyl adjacent to an activating group) is 1. The van der Waals surface area contributed by atoms with E-state index in [4.69, 9.17) is 13.8 Å². The second-order valence-corrected chi connectivity index (χ2v) is 26.1. The van der Waals surface area contributed by atoms with E-state index < -0.39 is 26.6 Å². The summed E-state index contributed by atoms with van der Waals surface area (Å²) < 4.78 is 30.4. The average molecular weight is 1180 g/mol. The molecule has 0 aliphatic carbocycles. The molecule has 482 valence electrons. The van der Waals surface area contributed by atoms with Crippen LogP contribution in [0.1, 0.15) is 316 Å². The molecule has 0 heterocycles. The maximum Gasteiger partial charge on any atom is 0.306 e. The van der Waals surface area contributed by atoms with E-state index in [0.717, 1.165) is 103 Å². The number of nitrogens with zero attached hydrogens (tertiary/aromatic N) is 1. The van der Waals surface area contributed by atoms with Crippen LogP contribution in [0.25, 0.3) is 0 Å². The van der Waals surface area contributed by atoms with Gasteiger partial charge in [0.15, 0.2) is 0 Å². The van der Waals surface area contributed by atoms with E-state index >= 15 is 0 Å². The molecule has 1 N–H and O–H groups in total. The van der Waals surface area contributed by atoms with Crippen molar-refractivity contribution in [3.8, 4) is 0 Å². The fraction of sp³-hybridized carbons (Fsp3) is 0.781. The number of rotatable bonds is 63. The molecular weight excluding hydrogens is 1050 g/mol. The maximum atomic E-state index is 13.6. The van der Waals surface area contributed by atoms with Gasteiger partial charge in [-0.25, -0.2) is 0 Å². The van der Waals surface area contributed by atoms with Gasteiger partial charge in [0.1, 0.15) is 19.3 Å². The van der Waals surface area contributed by atoms with E-state index in [9.17, 15) is 19.0 Å². The normalized spacial score (nSPS) is 14.1. The van der Waals surface area contributed by atoms with E-state index in [2.05, 4.69) is 99.0 Å². The first-order chi connectivity index (χ1) is 40.4. The highest BCUT2D eigenvalue weighted by Crippen LogP contribution is 2.38. The predicted molar refractivity (Wildman–Crippen MR) is 358 cm³/mol. The third kappa shape index (κ3) is 63.5. The van der Waals surface area contributed by atoms with Gasteiger partial charge in [-0.15, -0.1) is 0 Å². The van der Waals surface area contributed by atoms with Crippen molar-refractivity contribution in [1.82, 2.24) is 5.32 Å². The standard InChI is InChI=1S/C73H133N2O7P/c1-7-10-13-16-19-22-25-28-30-32-34-35-36-37-38-39-41-42-44-47-50-53-56-59-62-65-72(76)74-70(69-81-83(78,79)80-68-67-75(4,5)6)71(64-61-58-55-52-49-46-27-24-21-18-15-12-9-3)82-73(77)66-63-60-57-54-51-48-45-43-40-33-31-29-26-23-20-17-14-11-8-2/h10,13,19,22,28-31,34-35,37-38,61,64,70-71H,7-9,11-12,14-18,20-21,23-27,32-33,36,39-60,62-63,65-69H2,1-6H3,(H-,74,76,78,79)/b13-10-,22-19-,30-28-,31-29+,35-34-,38-37-,64-61-. The number of esters is 1. The summed E-state index contributed by atoms with van der Waals surface area (Å²) in [6.07, 6.45) is 82.6. The van der Waals surface area contributed by atoms with Crippen molar-refractivity contribution >= 4 is 19.7 Å². The van der Waals surface area contributed by atoms with Crippen LogP contribution in [0.5, 0.6) is 0 Å². The molecule has 0 aromatic rings. The van der Waals surface area contributed by atoms with Crippen molar-refractivity contribution < 1.29 is 37.3 Å². The summed E-state index contributed by atoms with van der Waals surface area (Å²) in [7, 11) is 1.18. The molecular formula is C73H133N2O7P. The molecule has 0 aromatic carbocycles. The highest BCUT2D eigenvalue weighted by molar-refractivity contribution is 7.45. The van der Waals surface area contributed by atoms with Crippen LogP contribution in [0.3, 0.4) is 0 Å². The van der Waals surface area contributed by atoms with Crippen LogP contribution in [-0.2, 0) is 27.9 Å². The van der Waals surface area contributed by atoms with Crippen molar-refractivity contribution in [1.29, 1.82) is 0 Å². The summed E-state index contributed by atoms with van der Waals surface area (Å²) in [6.45, 7) is 6.75. The lowest BCUT2D eigenvalue weighted by Gasteiger charge is -2.30. The number of ether oxygens (including phenoxy) is 1. The monoisotopic (exact) mass is 1180 g/mol. The Balaban J connectivity index is 5.14. The lowest BCUT2D eigenvalue weighted by atomic mass is 10.0. The van der Waals surface area contributed by atoms with E-state index in [1.54, 1.807) is 0 Å². The van der Waals surface area contributed by atoms with Gasteiger partial charge in [0, 0.05) is 12.8 Å². The fourth-order valence-electron chi connectivity index (χ4n) is 9.96. The molecule has 10 heteroatoms. The van der Waals surface area contributed by atoms with Gasteiger partial charge >= 0.3 is 5.97 Å². The summed E-state index contributed by atoms with van der Waals surface area (Å²) in [6, 6.07) is -0.897. The SMILES string of the molecule is CC/C=C\C/C=C\C/C=C\C/C=C\C/C=C\CCCCCCCCCCCC(=O)NC(COP(=O)([O-])OCC[N+](C)(C)C)C(/C=C\CCCCCCCCCCCCC)OC(=O)CCCCCCCCCCC/C=C/CCCCCCCC. The van der Waals surface area contributed by atoms with Gasteiger partial charge < -0.3 is 28.5 Å². The molecule has 3 atom stereocenters. The minimum atomic E-state index is -4.71. The molecule has 0 aliphatic heterocycles. The van der Waals surface area contributed by atoms with Crippen molar-refractivity contribution in [3.05, 3.63) is 85.1 Å². The molecule has 0 rings (SSSR count). The Labute approximate surface area is 514 Å². The smallest absolute Gasteiger partial charge is 0.306 e. The Kier molecular flexibility index (Phi) is 60.1. The molecule has 0 saturated carbocycles. The first-order valence-electron chi connectivity index (χ1n) is 34.9. The average Bonchev–Trinajstić information content (AvgIpc) is 3.46. The van der Waals surface area contributed by atoms with Gasteiger partial charge in [0.2, 0.25) is 5.91 Å². The third-order valence-electron chi connectivity index (χ3n) is 15.3. The molecule has 9 nitrogen and oxygen atoms in total. The number of unbranched alkanes of at least 4 members (excludes halogenated alkanes) is 35. The number of allylic oxidation sites excluding steroid dienone is 13. The van der Waals surface area contributed by atoms with Gasteiger partial charge in [0.25, 0.3) is 7.82 Å². The van der Waals surface area contributed by atoms with Gasteiger partial charge in [-0.3, -0.25) is 14.2 Å². The highest BCUT2D eigenvalue weighted by Gasteiger charge is 2.27. The van der Waals surface area contributed by atoms with Crippen LogP contribution in [0.4, 0.5) is 0 Å². The molecule has 0 bridgehead atoms. The zero-order valence-corrected chi connectivity index (χ0v) is 56.0. The van der Waals surface area contributed by atoms with Crippen molar-refractivity contribution in [2.24, 2.45) is 0 Å². The summed E-state index contributed by atoms with van der Waals surface area (Å²) in [5.41, 5.74) is 0. The van der Waals surface area contributed by atoms with Crippen LogP contribution < -0.4 is 10.2 Å². The molecule has 83 heavy (non-hydrogen) atoms. The first kappa shape index (κ1) is 80.2. The topological polar surface area (TPSA) is 114 Å². The fourth-order valence-corrected chi connectivity index (χ4v) is 10.7. The number of amides is 1. The lowest BCUT2D eigenvalue weighted by Crippen LogP contribution is -2.47. The van der Waals surface area contributed by atoms with Crippen molar-refractivity contribution in [2.45, 2.75) is 328 Å². The number of carbonyl (C=O) groups excluding carboxylic acids is 2. The summed E-state index contributed by atoms with van der Waals surface area (Å²) in [5, 5.41) is 3.04. The quantitative estimate of drug-likeness (QED) is 0.0212. The van der Waals surface area contributed by atoms with Gasteiger partial charge in [-0.2, -0.15) is 0 Å². The van der Waals surface area contributed by atoms with E-state index in [1.165, 1.54) is 180 Å². The molecule has 0 radical (unpaired) electrons. The number of nitrogens with one attached hydrogen (secondary N) is 1. The van der Waals surface area contributed by atoms with Gasteiger partial charge in [-0.1, -0.05) is 286 Å². The number of hydrogen-bond donors (Lipinski definition) is 1. The lowest BCUT2D eigenvalue weighted by molar-refractivity contribution is -0.870. The second-order valence-electron chi connectivity index (χ2n) is 24.6. The molecule has 0 fully saturated rings. The van der Waals surface area contributed by atoms with E-state index in [0.29, 0.717) is 17.4 Å². The minimum Gasteiger partial charge on any atom is -0.756 e. The van der Waals surface area contributed by atoms with Crippen LogP contribution >= 0.6 is 7.82 Å². The zero-order valence-electron chi connectivity index (χ0n) is 55.1. The second kappa shape index (κ2) is 62.2. The Hall–Kier alpha value is -2.81. The molecule has 3 unspecified atom stereocenters. The van der Waals surface area contributed by atoms with Gasteiger partial charge in [0.05, 0.1) is 33.8 Å². The predicted octanol–water partition coefficient (Wildman–Crippen LogP) is 21.5. The number of phosphoric acid groups is 1. The Morgan fingerprint density at radius 1 is 0.434 bits per heavy atom. The van der Waals surface area contributed by atoms with Crippen molar-refractivity contribution in [3.63, 3.8) is 0 Å². The van der Waals surface area contributed by atoms with Crippen LogP contribution in [-0.4, -0.2) is 69.4 Å². The minimum absolute atomic E-state index is 0.0261.